The van der Waals surface area contributed by atoms with Crippen molar-refractivity contribution < 1.29 is 4.74 Å². The van der Waals surface area contributed by atoms with Crippen molar-refractivity contribution in [2.45, 2.75) is 47.0 Å². The zero-order valence-electron chi connectivity index (χ0n) is 11.2. The third-order valence-electron chi connectivity index (χ3n) is 2.77. The van der Waals surface area contributed by atoms with Crippen LogP contribution in [0.5, 0.6) is 0 Å². The molecule has 2 nitrogen and oxygen atoms in total. The molecule has 0 bridgehead atoms. The number of rotatable bonds is 9. The van der Waals surface area contributed by atoms with Crippen molar-refractivity contribution in [3.63, 3.8) is 0 Å². The summed E-state index contributed by atoms with van der Waals surface area (Å²) in [6, 6.07) is 0. The van der Waals surface area contributed by atoms with Gasteiger partial charge in [-0.25, -0.2) is 0 Å². The molecule has 0 fully saturated rings. The number of hydrogen-bond donors (Lipinski definition) is 1. The summed E-state index contributed by atoms with van der Waals surface area (Å²) in [5, 5.41) is 3.45. The Labute approximate surface area is 95.8 Å². The number of ether oxygens (including phenoxy) is 1. The molecule has 1 atom stereocenters. The molecule has 0 rings (SSSR count). The average molecular weight is 215 g/mol. The molecule has 0 heterocycles. The number of methoxy groups -OCH3 is 1. The van der Waals surface area contributed by atoms with Crippen LogP contribution in [0.2, 0.25) is 0 Å². The van der Waals surface area contributed by atoms with Gasteiger partial charge in [0.05, 0.1) is 6.61 Å². The monoisotopic (exact) mass is 215 g/mol. The molecule has 1 N–H and O–H groups in total. The van der Waals surface area contributed by atoms with E-state index in [1.807, 2.05) is 0 Å². The minimum Gasteiger partial charge on any atom is -0.383 e. The first kappa shape index (κ1) is 14.9. The SMILES string of the molecule is CCCC(C)CC(C)(C)CNCCOC. The molecule has 15 heavy (non-hydrogen) atoms. The molecule has 1 unspecified atom stereocenters. The molecule has 0 aliphatic rings. The molecule has 0 aromatic heterocycles. The summed E-state index contributed by atoms with van der Waals surface area (Å²) in [5.41, 5.74) is 0.405. The Bertz CT molecular complexity index is 145. The summed E-state index contributed by atoms with van der Waals surface area (Å²) in [7, 11) is 1.75. The van der Waals surface area contributed by atoms with Gasteiger partial charge < -0.3 is 10.1 Å². The lowest BCUT2D eigenvalue weighted by atomic mass is 9.82. The minimum absolute atomic E-state index is 0.405. The predicted molar refractivity (Wildman–Crippen MR) is 67.2 cm³/mol. The van der Waals surface area contributed by atoms with Crippen LogP contribution >= 0.6 is 0 Å². The topological polar surface area (TPSA) is 21.3 Å². The van der Waals surface area contributed by atoms with Crippen molar-refractivity contribution in [1.29, 1.82) is 0 Å². The van der Waals surface area contributed by atoms with E-state index in [9.17, 15) is 0 Å². The lowest BCUT2D eigenvalue weighted by Gasteiger charge is -2.28. The highest BCUT2D eigenvalue weighted by atomic mass is 16.5. The summed E-state index contributed by atoms with van der Waals surface area (Å²) in [6.07, 6.45) is 3.96. The molecule has 2 heteroatoms. The van der Waals surface area contributed by atoms with Gasteiger partial charge in [0.25, 0.3) is 0 Å². The van der Waals surface area contributed by atoms with Crippen LogP contribution in [0.15, 0.2) is 0 Å². The van der Waals surface area contributed by atoms with E-state index in [4.69, 9.17) is 4.74 Å². The second-order valence-corrected chi connectivity index (χ2v) is 5.43. The van der Waals surface area contributed by atoms with Crippen LogP contribution < -0.4 is 5.32 Å². The molecule has 0 aliphatic carbocycles. The lowest BCUT2D eigenvalue weighted by molar-refractivity contribution is 0.189. The Morgan fingerprint density at radius 3 is 2.53 bits per heavy atom. The molecule has 92 valence electrons. The van der Waals surface area contributed by atoms with Gasteiger partial charge in [-0.1, -0.05) is 40.5 Å². The summed E-state index contributed by atoms with van der Waals surface area (Å²) in [6.45, 7) is 12.2. The molecule has 0 aromatic rings. The van der Waals surface area contributed by atoms with Crippen LogP contribution in [0.1, 0.15) is 47.0 Å². The Hall–Kier alpha value is -0.0800. The van der Waals surface area contributed by atoms with Crippen LogP contribution in [0.3, 0.4) is 0 Å². The van der Waals surface area contributed by atoms with E-state index in [-0.39, 0.29) is 0 Å². The van der Waals surface area contributed by atoms with Crippen LogP contribution in [0, 0.1) is 11.3 Å². The van der Waals surface area contributed by atoms with E-state index in [2.05, 4.69) is 33.0 Å². The van der Waals surface area contributed by atoms with Gasteiger partial charge >= 0.3 is 0 Å². The fraction of sp³-hybridized carbons (Fsp3) is 1.00. The summed E-state index contributed by atoms with van der Waals surface area (Å²) >= 11 is 0. The van der Waals surface area contributed by atoms with Gasteiger partial charge in [0.15, 0.2) is 0 Å². The van der Waals surface area contributed by atoms with Gasteiger partial charge in [-0.05, 0) is 17.8 Å². The highest BCUT2D eigenvalue weighted by Gasteiger charge is 2.20. The maximum atomic E-state index is 5.01. The number of hydrogen-bond acceptors (Lipinski definition) is 2. The van der Waals surface area contributed by atoms with Gasteiger partial charge in [0.1, 0.15) is 0 Å². The lowest BCUT2D eigenvalue weighted by Crippen LogP contribution is -2.32. The molecular formula is C13H29NO. The van der Waals surface area contributed by atoms with Crippen molar-refractivity contribution in [2.24, 2.45) is 11.3 Å². The summed E-state index contributed by atoms with van der Waals surface area (Å²) in [4.78, 5) is 0. The molecule has 0 spiro atoms. The van der Waals surface area contributed by atoms with E-state index in [1.165, 1.54) is 19.3 Å². The number of nitrogens with one attached hydrogen (secondary N) is 1. The van der Waals surface area contributed by atoms with Gasteiger partial charge in [0, 0.05) is 20.2 Å². The molecule has 0 amide bonds. The van der Waals surface area contributed by atoms with Gasteiger partial charge in [-0.3, -0.25) is 0 Å². The fourth-order valence-corrected chi connectivity index (χ4v) is 2.21. The van der Waals surface area contributed by atoms with Gasteiger partial charge in [-0.2, -0.15) is 0 Å². The molecule has 0 aliphatic heterocycles. The minimum atomic E-state index is 0.405. The zero-order chi connectivity index (χ0) is 11.7. The van der Waals surface area contributed by atoms with Crippen molar-refractivity contribution >= 4 is 0 Å². The first-order valence-electron chi connectivity index (χ1n) is 6.21. The van der Waals surface area contributed by atoms with Crippen LogP contribution in [-0.2, 0) is 4.74 Å². The fourth-order valence-electron chi connectivity index (χ4n) is 2.21. The van der Waals surface area contributed by atoms with E-state index in [0.717, 1.165) is 25.6 Å². The Morgan fingerprint density at radius 2 is 2.00 bits per heavy atom. The molecular weight excluding hydrogens is 186 g/mol. The average Bonchev–Trinajstić information content (AvgIpc) is 2.12. The summed E-state index contributed by atoms with van der Waals surface area (Å²) < 4.78 is 5.01. The van der Waals surface area contributed by atoms with Gasteiger partial charge in [0.2, 0.25) is 0 Å². The van der Waals surface area contributed by atoms with E-state index in [1.54, 1.807) is 7.11 Å². The first-order chi connectivity index (χ1) is 7.02. The zero-order valence-corrected chi connectivity index (χ0v) is 11.2. The highest BCUT2D eigenvalue weighted by Crippen LogP contribution is 2.26. The normalized spacial score (nSPS) is 14.2. The van der Waals surface area contributed by atoms with Crippen molar-refractivity contribution in [1.82, 2.24) is 5.32 Å². The van der Waals surface area contributed by atoms with E-state index >= 15 is 0 Å². The van der Waals surface area contributed by atoms with E-state index in [0.29, 0.717) is 5.41 Å². The van der Waals surface area contributed by atoms with Crippen molar-refractivity contribution in [3.8, 4) is 0 Å². The summed E-state index contributed by atoms with van der Waals surface area (Å²) in [5.74, 6) is 0.842. The largest absolute Gasteiger partial charge is 0.383 e. The molecule has 0 aromatic carbocycles. The predicted octanol–water partition coefficient (Wildman–Crippen LogP) is 3.07. The van der Waals surface area contributed by atoms with Crippen LogP contribution in [0.4, 0.5) is 0 Å². The Kier molecular flexibility index (Phi) is 8.07. The first-order valence-corrected chi connectivity index (χ1v) is 6.21. The van der Waals surface area contributed by atoms with Crippen molar-refractivity contribution in [2.75, 3.05) is 26.8 Å². The molecule has 0 radical (unpaired) electrons. The Morgan fingerprint density at radius 1 is 1.33 bits per heavy atom. The van der Waals surface area contributed by atoms with E-state index < -0.39 is 0 Å². The quantitative estimate of drug-likeness (QED) is 0.597. The highest BCUT2D eigenvalue weighted by molar-refractivity contribution is 4.74. The van der Waals surface area contributed by atoms with Crippen LogP contribution in [-0.4, -0.2) is 26.8 Å². The smallest absolute Gasteiger partial charge is 0.0587 e. The molecule has 0 saturated carbocycles. The van der Waals surface area contributed by atoms with Crippen molar-refractivity contribution in [3.05, 3.63) is 0 Å². The Balaban J connectivity index is 3.65. The maximum Gasteiger partial charge on any atom is 0.0587 e. The second kappa shape index (κ2) is 8.12. The molecule has 0 saturated heterocycles. The van der Waals surface area contributed by atoms with Crippen LogP contribution in [0.25, 0.3) is 0 Å². The maximum absolute atomic E-state index is 5.01. The third kappa shape index (κ3) is 8.88. The van der Waals surface area contributed by atoms with Gasteiger partial charge in [-0.15, -0.1) is 0 Å². The third-order valence-corrected chi connectivity index (χ3v) is 2.77. The second-order valence-electron chi connectivity index (χ2n) is 5.43. The standard InChI is InChI=1S/C13H29NO/c1-6-7-12(2)10-13(3,4)11-14-8-9-15-5/h12,14H,6-11H2,1-5H3.